The summed E-state index contributed by atoms with van der Waals surface area (Å²) in [7, 11) is 0. The molecule has 64 valence electrons. The zero-order valence-electron chi connectivity index (χ0n) is 7.59. The molecule has 0 radical (unpaired) electrons. The smallest absolute Gasteiger partial charge is 0.546 e. The Morgan fingerprint density at radius 1 is 1.43 bits per heavy atom. The molecule has 1 heterocycles. The van der Waals surface area contributed by atoms with Crippen LogP contribution in [0.1, 0.15) is 0 Å². The molecule has 0 saturated heterocycles. The predicted molar refractivity (Wildman–Crippen MR) is 31.9 cm³/mol. The molecule has 2 N–H and O–H groups in total. The van der Waals surface area contributed by atoms with Crippen molar-refractivity contribution in [3.63, 3.8) is 0 Å². The van der Waals surface area contributed by atoms with Gasteiger partial charge >= 0.3 is 65.1 Å². The Kier molecular flexibility index (Phi) is 8.60. The third-order valence-electron chi connectivity index (χ3n) is 0.975. The molecule has 0 aromatic heterocycles. The molecule has 0 saturated carbocycles. The first kappa shape index (κ1) is 16.4. The maximum Gasteiger partial charge on any atom is 1.00 e. The standard InChI is InChI=1S/C4H4N4O4.2Na/c9-3(10)1-5-7-2(4(11)12)8-6-1;;/h1,5H,(H,9,10)(H,11,12);;/q;2*+1/p-1. The monoisotopic (exact) mass is 217 g/mol. The van der Waals surface area contributed by atoms with Gasteiger partial charge in [0.2, 0.25) is 0 Å². The van der Waals surface area contributed by atoms with Crippen LogP contribution < -0.4 is 69.6 Å². The van der Waals surface area contributed by atoms with Crippen molar-refractivity contribution in [2.45, 2.75) is 6.17 Å². The van der Waals surface area contributed by atoms with Crippen molar-refractivity contribution >= 4 is 17.8 Å². The molecule has 1 atom stereocenters. The number of hydrogen-bond donors (Lipinski definition) is 2. The van der Waals surface area contributed by atoms with Crippen LogP contribution in [0.2, 0.25) is 0 Å². The number of azo groups is 1. The van der Waals surface area contributed by atoms with Crippen LogP contribution in [0.25, 0.3) is 0 Å². The molecule has 0 aromatic carbocycles. The van der Waals surface area contributed by atoms with E-state index in [0.717, 1.165) is 0 Å². The normalized spacial score (nSPS) is 18.0. The number of amidine groups is 1. The molecule has 0 bridgehead atoms. The fraction of sp³-hybridized carbons (Fsp3) is 0.250. The van der Waals surface area contributed by atoms with Gasteiger partial charge in [0, 0.05) is 0 Å². The van der Waals surface area contributed by atoms with Crippen molar-refractivity contribution in [1.29, 1.82) is 0 Å². The first-order chi connectivity index (χ1) is 5.61. The largest absolute Gasteiger partial charge is 1.00 e. The zero-order valence-corrected chi connectivity index (χ0v) is 11.6. The number of nitrogens with one attached hydrogen (secondary N) is 1. The Balaban J connectivity index is 0. The first-order valence-corrected chi connectivity index (χ1v) is 2.79. The minimum absolute atomic E-state index is 0. The molecule has 0 aliphatic carbocycles. The zero-order chi connectivity index (χ0) is 9.14. The summed E-state index contributed by atoms with van der Waals surface area (Å²) in [6, 6.07) is 0. The van der Waals surface area contributed by atoms with Crippen LogP contribution in [0.5, 0.6) is 0 Å². The van der Waals surface area contributed by atoms with Crippen molar-refractivity contribution in [1.82, 2.24) is 5.43 Å². The quantitative estimate of drug-likeness (QED) is 0.444. The van der Waals surface area contributed by atoms with E-state index in [1.54, 1.807) is 0 Å². The third kappa shape index (κ3) is 4.49. The van der Waals surface area contributed by atoms with Crippen LogP contribution >= 0.6 is 0 Å². The molecule has 1 aliphatic heterocycles. The Morgan fingerprint density at radius 2 is 2.00 bits per heavy atom. The summed E-state index contributed by atoms with van der Waals surface area (Å²) in [6.45, 7) is 0. The number of hydrogen-bond acceptors (Lipinski definition) is 7. The van der Waals surface area contributed by atoms with Gasteiger partial charge in [-0.2, -0.15) is 5.11 Å². The van der Waals surface area contributed by atoms with Crippen molar-refractivity contribution in [3.8, 4) is 0 Å². The van der Waals surface area contributed by atoms with E-state index in [0.29, 0.717) is 0 Å². The molecule has 0 amide bonds. The molecular weight excluding hydrogens is 214 g/mol. The molecule has 0 spiro atoms. The molecule has 0 aromatic rings. The number of hydrazone groups is 1. The van der Waals surface area contributed by atoms with Gasteiger partial charge < -0.3 is 15.0 Å². The van der Waals surface area contributed by atoms with Crippen molar-refractivity contribution in [2.75, 3.05) is 0 Å². The maximum absolute atomic E-state index is 10.1. The second-order valence-corrected chi connectivity index (χ2v) is 1.81. The second kappa shape index (κ2) is 7.32. The number of nitrogens with zero attached hydrogens (tertiary/aromatic N) is 3. The van der Waals surface area contributed by atoms with E-state index in [9.17, 15) is 14.7 Å². The van der Waals surface area contributed by atoms with Crippen LogP contribution in [-0.4, -0.2) is 29.0 Å². The number of rotatable bonds is 2. The number of carboxylic acid groups (broad SMARTS) is 2. The fourth-order valence-corrected chi connectivity index (χ4v) is 0.473. The van der Waals surface area contributed by atoms with Gasteiger partial charge in [0.1, 0.15) is 0 Å². The molecule has 1 rings (SSSR count). The minimum atomic E-state index is -1.52. The molecule has 1 aliphatic rings. The van der Waals surface area contributed by atoms with Crippen LogP contribution in [0.3, 0.4) is 0 Å². The second-order valence-electron chi connectivity index (χ2n) is 1.81. The van der Waals surface area contributed by atoms with Crippen molar-refractivity contribution < 1.29 is 78.9 Å². The molecule has 1 unspecified atom stereocenters. The van der Waals surface area contributed by atoms with Crippen molar-refractivity contribution in [3.05, 3.63) is 0 Å². The minimum Gasteiger partial charge on any atom is -0.546 e. The van der Waals surface area contributed by atoms with E-state index in [1.807, 2.05) is 5.43 Å². The molecule has 8 nitrogen and oxygen atoms in total. The average molecular weight is 217 g/mol. The van der Waals surface area contributed by atoms with Crippen LogP contribution in [-0.2, 0) is 9.59 Å². The number of carbonyl (C=O) groups excluding carboxylic acids is 1. The van der Waals surface area contributed by atoms with E-state index in [-0.39, 0.29) is 59.1 Å². The first-order valence-electron chi connectivity index (χ1n) is 2.79. The van der Waals surface area contributed by atoms with E-state index >= 15 is 0 Å². The number of carboxylic acids is 2. The Labute approximate surface area is 122 Å². The van der Waals surface area contributed by atoms with E-state index in [2.05, 4.69) is 15.3 Å². The van der Waals surface area contributed by atoms with Crippen LogP contribution in [0, 0.1) is 0 Å². The van der Waals surface area contributed by atoms with Crippen LogP contribution in [0.4, 0.5) is 0 Å². The molecular formula is C4H3N4Na2O4+. The summed E-state index contributed by atoms with van der Waals surface area (Å²) in [5.41, 5.74) is 1.93. The van der Waals surface area contributed by atoms with Gasteiger partial charge in [0.25, 0.3) is 5.84 Å². The third-order valence-corrected chi connectivity index (χ3v) is 0.975. The van der Waals surface area contributed by atoms with Gasteiger partial charge in [-0.15, -0.1) is 10.2 Å². The predicted octanol–water partition coefficient (Wildman–Crippen LogP) is -8.48. The van der Waals surface area contributed by atoms with E-state index in [1.165, 1.54) is 0 Å². The van der Waals surface area contributed by atoms with Gasteiger partial charge in [0.05, 0.1) is 5.97 Å². The van der Waals surface area contributed by atoms with Gasteiger partial charge in [-0.3, -0.25) is 5.43 Å². The summed E-state index contributed by atoms with van der Waals surface area (Å²) in [5, 5.41) is 27.6. The van der Waals surface area contributed by atoms with Gasteiger partial charge in [0.15, 0.2) is 6.17 Å². The summed E-state index contributed by atoms with van der Waals surface area (Å²) < 4.78 is 0. The van der Waals surface area contributed by atoms with Gasteiger partial charge in [-0.25, -0.2) is 4.79 Å². The average Bonchev–Trinajstić information content (AvgIpc) is 2.04. The van der Waals surface area contributed by atoms with E-state index < -0.39 is 23.9 Å². The Bertz CT molecular complexity index is 291. The summed E-state index contributed by atoms with van der Waals surface area (Å²) in [5.74, 6) is -3.50. The maximum atomic E-state index is 10.1. The van der Waals surface area contributed by atoms with Crippen molar-refractivity contribution in [2.24, 2.45) is 15.3 Å². The van der Waals surface area contributed by atoms with Gasteiger partial charge in [-0.05, 0) is 0 Å². The molecule has 0 fully saturated rings. The Hall–Kier alpha value is 0.0100. The molecule has 14 heavy (non-hydrogen) atoms. The Morgan fingerprint density at radius 3 is 2.29 bits per heavy atom. The summed E-state index contributed by atoms with van der Waals surface area (Å²) in [4.78, 5) is 20.2. The topological polar surface area (TPSA) is 127 Å². The summed E-state index contributed by atoms with van der Waals surface area (Å²) >= 11 is 0. The van der Waals surface area contributed by atoms with Crippen LogP contribution in [0.15, 0.2) is 15.3 Å². The number of aliphatic carboxylic acids is 2. The fourth-order valence-electron chi connectivity index (χ4n) is 0.473. The van der Waals surface area contributed by atoms with E-state index in [4.69, 9.17) is 5.11 Å². The SMILES string of the molecule is O=C(O)C1=NNC(C(=O)[O-])N=N1.[Na+].[Na+]. The number of carbonyl (C=O) groups is 2. The van der Waals surface area contributed by atoms with Gasteiger partial charge in [-0.1, -0.05) is 0 Å². The molecule has 10 heteroatoms. The summed E-state index contributed by atoms with van der Waals surface area (Å²) in [6.07, 6.45) is -1.41.